The third-order valence-electron chi connectivity index (χ3n) is 7.52. The molecule has 2 aromatic carbocycles. The number of benzene rings is 2. The molecule has 2 N–H and O–H groups in total. The summed E-state index contributed by atoms with van der Waals surface area (Å²) < 4.78 is 0. The van der Waals surface area contributed by atoms with E-state index in [0.717, 1.165) is 32.4 Å². The molecular formula is C29H39N3O2. The molecule has 0 radical (unpaired) electrons. The summed E-state index contributed by atoms with van der Waals surface area (Å²) in [5, 5.41) is 0. The van der Waals surface area contributed by atoms with E-state index >= 15 is 0 Å². The van der Waals surface area contributed by atoms with Crippen molar-refractivity contribution in [2.24, 2.45) is 11.1 Å². The highest BCUT2D eigenvalue weighted by molar-refractivity contribution is 5.92. The number of carbonyl (C=O) groups is 2. The van der Waals surface area contributed by atoms with Crippen LogP contribution in [0.5, 0.6) is 0 Å². The summed E-state index contributed by atoms with van der Waals surface area (Å²) in [7, 11) is 0. The molecular weight excluding hydrogens is 422 g/mol. The summed E-state index contributed by atoms with van der Waals surface area (Å²) >= 11 is 0. The van der Waals surface area contributed by atoms with Gasteiger partial charge in [0, 0.05) is 42.7 Å². The largest absolute Gasteiger partial charge is 0.366 e. The minimum absolute atomic E-state index is 0.215. The molecule has 2 amide bonds. The first-order valence-corrected chi connectivity index (χ1v) is 12.7. The van der Waals surface area contributed by atoms with Gasteiger partial charge in [-0.1, -0.05) is 63.2 Å². The van der Waals surface area contributed by atoms with Gasteiger partial charge < -0.3 is 10.6 Å². The van der Waals surface area contributed by atoms with Gasteiger partial charge in [0.15, 0.2) is 0 Å². The zero-order valence-electron chi connectivity index (χ0n) is 20.9. The second-order valence-electron chi connectivity index (χ2n) is 11.1. The van der Waals surface area contributed by atoms with Crippen LogP contribution in [0.4, 0.5) is 0 Å². The Kier molecular flexibility index (Phi) is 7.42. The standard InChI is InChI=1S/C29H39N3O2/c1-29(2,3)28(34)31(20-21-9-5-4-6-10-21)15-8-16-32-25-13-14-26(32)19-24(18-25)22-11-7-12-23(17-22)27(30)33/h4-7,9-12,17,24-26H,8,13-16,18-20H2,1-3H3,(H2,30,33)/t24?,25-,26+. The summed E-state index contributed by atoms with van der Waals surface area (Å²) in [5.41, 5.74) is 8.15. The summed E-state index contributed by atoms with van der Waals surface area (Å²) in [5.74, 6) is 0.351. The molecule has 4 rings (SSSR count). The zero-order valence-corrected chi connectivity index (χ0v) is 20.9. The molecule has 0 spiro atoms. The van der Waals surface area contributed by atoms with Gasteiger partial charge in [0.2, 0.25) is 11.8 Å². The minimum atomic E-state index is -0.383. The second-order valence-corrected chi connectivity index (χ2v) is 11.1. The van der Waals surface area contributed by atoms with Gasteiger partial charge in [0.1, 0.15) is 0 Å². The van der Waals surface area contributed by atoms with Gasteiger partial charge in [-0.05, 0) is 61.3 Å². The van der Waals surface area contributed by atoms with Crippen molar-refractivity contribution in [2.75, 3.05) is 13.1 Å². The van der Waals surface area contributed by atoms with Crippen molar-refractivity contribution in [3.05, 3.63) is 71.3 Å². The minimum Gasteiger partial charge on any atom is -0.366 e. The van der Waals surface area contributed by atoms with Crippen LogP contribution in [0.15, 0.2) is 54.6 Å². The molecule has 2 aliphatic rings. The second kappa shape index (κ2) is 10.3. The Morgan fingerprint density at radius 1 is 1.00 bits per heavy atom. The Labute approximate surface area is 204 Å². The Morgan fingerprint density at radius 2 is 1.68 bits per heavy atom. The summed E-state index contributed by atoms with van der Waals surface area (Å²) in [4.78, 5) is 29.5. The van der Waals surface area contributed by atoms with Crippen molar-refractivity contribution < 1.29 is 9.59 Å². The fraction of sp³-hybridized carbons (Fsp3) is 0.517. The van der Waals surface area contributed by atoms with Gasteiger partial charge in [-0.2, -0.15) is 0 Å². The van der Waals surface area contributed by atoms with E-state index in [0.29, 0.717) is 30.1 Å². The van der Waals surface area contributed by atoms with Crippen LogP contribution in [-0.4, -0.2) is 46.8 Å². The first-order valence-electron chi connectivity index (χ1n) is 12.7. The molecule has 2 heterocycles. The summed E-state index contributed by atoms with van der Waals surface area (Å²) in [6, 6.07) is 19.3. The molecule has 2 bridgehead atoms. The average molecular weight is 462 g/mol. The maximum absolute atomic E-state index is 13.1. The lowest BCUT2D eigenvalue weighted by molar-refractivity contribution is -0.140. The van der Waals surface area contributed by atoms with Crippen LogP contribution in [0.2, 0.25) is 0 Å². The van der Waals surface area contributed by atoms with E-state index in [9.17, 15) is 9.59 Å². The lowest BCUT2D eigenvalue weighted by atomic mass is 9.84. The third-order valence-corrected chi connectivity index (χ3v) is 7.52. The number of hydrogen-bond donors (Lipinski definition) is 1. The Morgan fingerprint density at radius 3 is 2.29 bits per heavy atom. The van der Waals surface area contributed by atoms with Gasteiger partial charge in [0.05, 0.1) is 0 Å². The van der Waals surface area contributed by atoms with Gasteiger partial charge in [-0.3, -0.25) is 14.5 Å². The van der Waals surface area contributed by atoms with Crippen molar-refractivity contribution in [3.63, 3.8) is 0 Å². The Hall–Kier alpha value is -2.66. The highest BCUT2D eigenvalue weighted by Crippen LogP contribution is 2.43. The van der Waals surface area contributed by atoms with E-state index in [1.54, 1.807) is 6.07 Å². The van der Waals surface area contributed by atoms with E-state index in [1.807, 2.05) is 56.0 Å². The molecule has 0 aromatic heterocycles. The zero-order chi connectivity index (χ0) is 24.3. The summed E-state index contributed by atoms with van der Waals surface area (Å²) in [6.07, 6.45) is 5.74. The van der Waals surface area contributed by atoms with Crippen molar-refractivity contribution in [2.45, 2.75) is 77.4 Å². The molecule has 34 heavy (non-hydrogen) atoms. The van der Waals surface area contributed by atoms with Gasteiger partial charge in [-0.15, -0.1) is 0 Å². The molecule has 2 fully saturated rings. The quantitative estimate of drug-likeness (QED) is 0.604. The van der Waals surface area contributed by atoms with Crippen LogP contribution in [0.25, 0.3) is 0 Å². The van der Waals surface area contributed by atoms with Crippen LogP contribution in [0, 0.1) is 5.41 Å². The fourth-order valence-corrected chi connectivity index (χ4v) is 5.83. The fourth-order valence-electron chi connectivity index (χ4n) is 5.83. The Balaban J connectivity index is 1.36. The van der Waals surface area contributed by atoms with E-state index in [2.05, 4.69) is 23.1 Å². The van der Waals surface area contributed by atoms with Crippen molar-refractivity contribution in [1.82, 2.24) is 9.80 Å². The van der Waals surface area contributed by atoms with Crippen molar-refractivity contribution >= 4 is 11.8 Å². The number of nitrogens with zero attached hydrogens (tertiary/aromatic N) is 2. The number of carbonyl (C=O) groups excluding carboxylic acids is 2. The van der Waals surface area contributed by atoms with Crippen LogP contribution in [-0.2, 0) is 11.3 Å². The number of nitrogens with two attached hydrogens (primary N) is 1. The highest BCUT2D eigenvalue weighted by atomic mass is 16.2. The smallest absolute Gasteiger partial charge is 0.248 e. The number of amides is 2. The molecule has 2 aliphatic heterocycles. The normalized spacial score (nSPS) is 22.5. The first-order chi connectivity index (χ1) is 16.2. The molecule has 5 heteroatoms. The molecule has 3 atom stereocenters. The average Bonchev–Trinajstić information content (AvgIpc) is 3.04. The highest BCUT2D eigenvalue weighted by Gasteiger charge is 2.40. The van der Waals surface area contributed by atoms with Gasteiger partial charge >= 0.3 is 0 Å². The summed E-state index contributed by atoms with van der Waals surface area (Å²) in [6.45, 7) is 8.50. The predicted octanol–water partition coefficient (Wildman–Crippen LogP) is 4.96. The number of fused-ring (bicyclic) bond motifs is 2. The molecule has 182 valence electrons. The molecule has 5 nitrogen and oxygen atoms in total. The molecule has 2 aromatic rings. The number of hydrogen-bond acceptors (Lipinski definition) is 3. The van der Waals surface area contributed by atoms with E-state index in [4.69, 9.17) is 5.73 Å². The van der Waals surface area contributed by atoms with E-state index < -0.39 is 0 Å². The predicted molar refractivity (Wildman–Crippen MR) is 136 cm³/mol. The van der Waals surface area contributed by atoms with E-state index in [-0.39, 0.29) is 17.2 Å². The van der Waals surface area contributed by atoms with Crippen LogP contribution in [0.3, 0.4) is 0 Å². The number of piperidine rings is 1. The van der Waals surface area contributed by atoms with Crippen molar-refractivity contribution in [3.8, 4) is 0 Å². The van der Waals surface area contributed by atoms with E-state index in [1.165, 1.54) is 24.0 Å². The van der Waals surface area contributed by atoms with Gasteiger partial charge in [-0.25, -0.2) is 0 Å². The molecule has 0 saturated carbocycles. The lowest BCUT2D eigenvalue weighted by Crippen LogP contribution is -2.44. The first kappa shape index (κ1) is 24.5. The maximum atomic E-state index is 13.1. The monoisotopic (exact) mass is 461 g/mol. The topological polar surface area (TPSA) is 66.6 Å². The van der Waals surface area contributed by atoms with Crippen LogP contribution < -0.4 is 5.73 Å². The van der Waals surface area contributed by atoms with Crippen LogP contribution in [0.1, 0.15) is 80.3 Å². The van der Waals surface area contributed by atoms with Crippen LogP contribution >= 0.6 is 0 Å². The lowest BCUT2D eigenvalue weighted by Gasteiger charge is -2.40. The third kappa shape index (κ3) is 5.69. The van der Waals surface area contributed by atoms with Gasteiger partial charge in [0.25, 0.3) is 0 Å². The molecule has 1 unspecified atom stereocenters. The number of primary amides is 1. The molecule has 0 aliphatic carbocycles. The maximum Gasteiger partial charge on any atom is 0.248 e. The van der Waals surface area contributed by atoms with Crippen molar-refractivity contribution in [1.29, 1.82) is 0 Å². The SMILES string of the molecule is CC(C)(C)C(=O)N(CCCN1[C@@H]2CC[C@H]1CC(c1cccc(C(N)=O)c1)C2)Cc1ccccc1. The number of rotatable bonds is 8. The molecule has 2 saturated heterocycles. The Bertz CT molecular complexity index is 984.